The first-order valence-corrected chi connectivity index (χ1v) is 14.1. The van der Waals surface area contributed by atoms with E-state index < -0.39 is 54.5 Å². The summed E-state index contributed by atoms with van der Waals surface area (Å²) in [4.78, 5) is 6.13. The van der Waals surface area contributed by atoms with Crippen LogP contribution >= 0.6 is 39.1 Å². The molecule has 0 bridgehead atoms. The van der Waals surface area contributed by atoms with Crippen molar-refractivity contribution in [1.82, 2.24) is 29.8 Å². The van der Waals surface area contributed by atoms with Gasteiger partial charge in [-0.1, -0.05) is 50.4 Å². The van der Waals surface area contributed by atoms with Gasteiger partial charge < -0.3 is 19.7 Å². The molecule has 0 radical (unpaired) electrons. The molecule has 0 amide bonds. The van der Waals surface area contributed by atoms with Crippen LogP contribution in [-0.4, -0.2) is 71.5 Å². The summed E-state index contributed by atoms with van der Waals surface area (Å²) in [7, 11) is 0. The number of rotatable bonds is 8. The lowest BCUT2D eigenvalue weighted by Crippen LogP contribution is -2.54. The van der Waals surface area contributed by atoms with Crippen molar-refractivity contribution >= 4 is 39.1 Å². The number of benzene rings is 2. The minimum absolute atomic E-state index is 0.00702. The third-order valence-corrected chi connectivity index (χ3v) is 7.49. The van der Waals surface area contributed by atoms with Crippen LogP contribution in [0.4, 0.5) is 13.2 Å². The SMILES string of the molecule is Cc1nc(C2OC(CO)C(O)C(n3cc(-c4cc(F)c(F)c(F)c4)nn3)C2OC/C=C\Br)n(-c2cc(Cl)ccc2Cl)n1. The summed E-state index contributed by atoms with van der Waals surface area (Å²) >= 11 is 15.9. The molecule has 42 heavy (non-hydrogen) atoms. The summed E-state index contributed by atoms with van der Waals surface area (Å²) in [6, 6.07) is 5.29. The highest BCUT2D eigenvalue weighted by atomic mass is 79.9. The molecule has 0 saturated carbocycles. The fraction of sp³-hybridized carbons (Fsp3) is 0.308. The van der Waals surface area contributed by atoms with Crippen LogP contribution in [0.1, 0.15) is 23.8 Å². The lowest BCUT2D eigenvalue weighted by atomic mass is 9.91. The number of aromatic nitrogens is 6. The maximum atomic E-state index is 13.9. The Morgan fingerprint density at radius 3 is 2.60 bits per heavy atom. The smallest absolute Gasteiger partial charge is 0.194 e. The van der Waals surface area contributed by atoms with E-state index in [-0.39, 0.29) is 23.7 Å². The lowest BCUT2D eigenvalue weighted by Gasteiger charge is -2.43. The predicted octanol–water partition coefficient (Wildman–Crippen LogP) is 4.89. The van der Waals surface area contributed by atoms with Crippen LogP contribution < -0.4 is 0 Å². The van der Waals surface area contributed by atoms with Crippen LogP contribution in [0, 0.1) is 24.4 Å². The molecule has 5 rings (SSSR count). The van der Waals surface area contributed by atoms with Crippen molar-refractivity contribution in [3.05, 3.63) is 86.7 Å². The van der Waals surface area contributed by atoms with E-state index in [9.17, 15) is 23.4 Å². The van der Waals surface area contributed by atoms with Crippen molar-refractivity contribution in [2.75, 3.05) is 13.2 Å². The predicted molar refractivity (Wildman–Crippen MR) is 149 cm³/mol. The second kappa shape index (κ2) is 12.8. The van der Waals surface area contributed by atoms with E-state index in [4.69, 9.17) is 32.7 Å². The van der Waals surface area contributed by atoms with Crippen LogP contribution in [0.2, 0.25) is 10.0 Å². The van der Waals surface area contributed by atoms with Gasteiger partial charge in [0.25, 0.3) is 0 Å². The van der Waals surface area contributed by atoms with E-state index in [0.717, 1.165) is 12.1 Å². The van der Waals surface area contributed by atoms with Gasteiger partial charge in [-0.3, -0.25) is 0 Å². The maximum Gasteiger partial charge on any atom is 0.194 e. The van der Waals surface area contributed by atoms with E-state index in [1.54, 1.807) is 36.2 Å². The molecule has 1 aliphatic heterocycles. The van der Waals surface area contributed by atoms with Crippen molar-refractivity contribution in [1.29, 1.82) is 0 Å². The molecule has 0 aliphatic carbocycles. The summed E-state index contributed by atoms with van der Waals surface area (Å²) in [5, 5.41) is 34.7. The number of nitrogens with zero attached hydrogens (tertiary/aromatic N) is 6. The molecule has 1 aliphatic rings. The normalized spacial score (nSPS) is 22.7. The van der Waals surface area contributed by atoms with E-state index in [1.807, 2.05) is 0 Å². The fourth-order valence-corrected chi connectivity index (χ4v) is 5.21. The van der Waals surface area contributed by atoms with Gasteiger partial charge in [0.1, 0.15) is 42.0 Å². The highest BCUT2D eigenvalue weighted by Gasteiger charge is 2.50. The molecule has 10 nitrogen and oxygen atoms in total. The first kappa shape index (κ1) is 30.6. The zero-order chi connectivity index (χ0) is 30.1. The van der Waals surface area contributed by atoms with Crippen LogP contribution in [0.25, 0.3) is 16.9 Å². The molecule has 3 heterocycles. The molecule has 2 N–H and O–H groups in total. The molecule has 1 saturated heterocycles. The number of aliphatic hydroxyl groups excluding tert-OH is 2. The Morgan fingerprint density at radius 1 is 1.17 bits per heavy atom. The lowest BCUT2D eigenvalue weighted by molar-refractivity contribution is -0.221. The molecule has 222 valence electrons. The van der Waals surface area contributed by atoms with Crippen molar-refractivity contribution in [2.24, 2.45) is 0 Å². The van der Waals surface area contributed by atoms with Gasteiger partial charge in [0.05, 0.1) is 30.1 Å². The second-order valence-corrected chi connectivity index (χ2v) is 10.7. The summed E-state index contributed by atoms with van der Waals surface area (Å²) in [5.74, 6) is -3.84. The number of hydrogen-bond acceptors (Lipinski definition) is 8. The standard InChI is InChI=1S/C26H22BrCl2F3N6O4/c1-12-33-26(38(35-12)19-9-14(28)3-4-15(19)29)25-24(41-6-2-5-27)22(23(40)20(11-39)42-25)37-10-18(34-36-37)13-7-16(30)21(32)17(31)8-13/h2-5,7-10,20,22-25,39-40H,6,11H2,1H3/b5-2-. The number of aryl methyl sites for hydroxylation is 1. The van der Waals surface area contributed by atoms with Crippen LogP contribution in [0.3, 0.4) is 0 Å². The molecule has 5 unspecified atom stereocenters. The highest BCUT2D eigenvalue weighted by molar-refractivity contribution is 9.11. The third-order valence-electron chi connectivity index (χ3n) is 6.57. The molecular formula is C26H22BrCl2F3N6O4. The van der Waals surface area contributed by atoms with E-state index in [0.29, 0.717) is 21.6 Å². The minimum Gasteiger partial charge on any atom is -0.394 e. The first-order valence-electron chi connectivity index (χ1n) is 12.4. The molecule has 0 spiro atoms. The minimum atomic E-state index is -1.62. The number of hydrogen-bond donors (Lipinski definition) is 2. The number of halogens is 6. The van der Waals surface area contributed by atoms with Gasteiger partial charge in [0.2, 0.25) is 0 Å². The molecule has 4 aromatic rings. The molecular weight excluding hydrogens is 668 g/mol. The van der Waals surface area contributed by atoms with E-state index in [1.165, 1.54) is 15.6 Å². The molecule has 2 aromatic carbocycles. The Bertz CT molecular complexity index is 1600. The van der Waals surface area contributed by atoms with Crippen LogP contribution in [0.15, 0.2) is 47.6 Å². The Balaban J connectivity index is 1.62. The van der Waals surface area contributed by atoms with Gasteiger partial charge in [0, 0.05) is 10.6 Å². The van der Waals surface area contributed by atoms with Gasteiger partial charge in [0.15, 0.2) is 23.3 Å². The van der Waals surface area contributed by atoms with Gasteiger partial charge in [-0.2, -0.15) is 5.10 Å². The van der Waals surface area contributed by atoms with Crippen molar-refractivity contribution in [3.63, 3.8) is 0 Å². The summed E-state index contributed by atoms with van der Waals surface area (Å²) in [6.07, 6.45) is -1.68. The molecule has 2 aromatic heterocycles. The third kappa shape index (κ3) is 5.97. The fourth-order valence-electron chi connectivity index (χ4n) is 4.69. The average molecular weight is 690 g/mol. The zero-order valence-electron chi connectivity index (χ0n) is 21.6. The summed E-state index contributed by atoms with van der Waals surface area (Å²) in [5.41, 5.74) is 0.307. The maximum absolute atomic E-state index is 13.9. The van der Waals surface area contributed by atoms with Gasteiger partial charge in [-0.15, -0.1) is 5.10 Å². The number of ether oxygens (including phenoxy) is 2. The largest absolute Gasteiger partial charge is 0.394 e. The highest BCUT2D eigenvalue weighted by Crippen LogP contribution is 2.41. The van der Waals surface area contributed by atoms with Gasteiger partial charge >= 0.3 is 0 Å². The first-order chi connectivity index (χ1) is 20.1. The van der Waals surface area contributed by atoms with Crippen molar-refractivity contribution in [2.45, 2.75) is 37.4 Å². The van der Waals surface area contributed by atoms with Gasteiger partial charge in [-0.25, -0.2) is 27.5 Å². The van der Waals surface area contributed by atoms with E-state index in [2.05, 4.69) is 36.3 Å². The van der Waals surface area contributed by atoms with Crippen LogP contribution in [0.5, 0.6) is 0 Å². The van der Waals surface area contributed by atoms with E-state index >= 15 is 0 Å². The second-order valence-electron chi connectivity index (χ2n) is 9.28. The Labute approximate surface area is 255 Å². The monoisotopic (exact) mass is 688 g/mol. The molecule has 16 heteroatoms. The molecule has 1 fully saturated rings. The number of aliphatic hydroxyl groups is 2. The van der Waals surface area contributed by atoms with Crippen LogP contribution in [-0.2, 0) is 9.47 Å². The zero-order valence-corrected chi connectivity index (χ0v) is 24.7. The van der Waals surface area contributed by atoms with Crippen molar-refractivity contribution < 1.29 is 32.9 Å². The quantitative estimate of drug-likeness (QED) is 0.251. The summed E-state index contributed by atoms with van der Waals surface area (Å²) in [6.45, 7) is 1.11. The topological polar surface area (TPSA) is 120 Å². The Morgan fingerprint density at radius 2 is 1.90 bits per heavy atom. The van der Waals surface area contributed by atoms with Crippen molar-refractivity contribution in [3.8, 4) is 16.9 Å². The summed E-state index contributed by atoms with van der Waals surface area (Å²) < 4.78 is 56.4. The Kier molecular flexibility index (Phi) is 9.32. The van der Waals surface area contributed by atoms with Gasteiger partial charge in [-0.05, 0) is 42.2 Å². The average Bonchev–Trinajstić information content (AvgIpc) is 3.60. The Hall–Kier alpha value is -2.85. The molecule has 5 atom stereocenters.